The van der Waals surface area contributed by atoms with Crippen molar-refractivity contribution in [3.63, 3.8) is 0 Å². The number of alkyl halides is 3. The van der Waals surface area contributed by atoms with E-state index in [0.717, 1.165) is 5.56 Å². The van der Waals surface area contributed by atoms with Crippen molar-refractivity contribution in [2.75, 3.05) is 0 Å². The second-order valence-corrected chi connectivity index (χ2v) is 6.49. The first kappa shape index (κ1) is 17.6. The van der Waals surface area contributed by atoms with Gasteiger partial charge < -0.3 is 10.6 Å². The van der Waals surface area contributed by atoms with Crippen molar-refractivity contribution < 1.29 is 22.8 Å². The number of carbonyl (C=O) groups is 2. The molecule has 1 saturated carbocycles. The van der Waals surface area contributed by atoms with Crippen LogP contribution < -0.4 is 10.6 Å². The van der Waals surface area contributed by atoms with Crippen molar-refractivity contribution in [3.8, 4) is 0 Å². The molecule has 0 unspecified atom stereocenters. The van der Waals surface area contributed by atoms with E-state index >= 15 is 0 Å². The third kappa shape index (κ3) is 4.37. The highest BCUT2D eigenvalue weighted by Crippen LogP contribution is 2.41. The van der Waals surface area contributed by atoms with E-state index in [4.69, 9.17) is 11.6 Å². The Morgan fingerprint density at radius 1 is 1.13 bits per heavy atom. The molecule has 0 saturated heterocycles. The quantitative estimate of drug-likeness (QED) is 0.879. The lowest BCUT2D eigenvalue weighted by Gasteiger charge is -2.25. The number of rotatable bonds is 4. The van der Waals surface area contributed by atoms with Gasteiger partial charge in [-0.05, 0) is 38.0 Å². The van der Waals surface area contributed by atoms with Crippen LogP contribution in [0, 0.1) is 0 Å². The van der Waals surface area contributed by atoms with E-state index in [-0.39, 0.29) is 12.0 Å². The molecule has 0 aromatic heterocycles. The third-order valence-electron chi connectivity index (χ3n) is 3.66. The molecule has 0 radical (unpaired) electrons. The van der Waals surface area contributed by atoms with Gasteiger partial charge in [0, 0.05) is 17.0 Å². The first-order valence-electron chi connectivity index (χ1n) is 6.96. The van der Waals surface area contributed by atoms with E-state index in [1.165, 1.54) is 13.8 Å². The molecule has 2 amide bonds. The Morgan fingerprint density at radius 3 is 2.22 bits per heavy atom. The van der Waals surface area contributed by atoms with Gasteiger partial charge in [-0.3, -0.25) is 9.59 Å². The molecule has 23 heavy (non-hydrogen) atoms. The van der Waals surface area contributed by atoms with Crippen LogP contribution in [0.3, 0.4) is 0 Å². The molecule has 1 aliphatic carbocycles. The highest BCUT2D eigenvalue weighted by molar-refractivity contribution is 6.30. The number of halogens is 4. The zero-order valence-corrected chi connectivity index (χ0v) is 13.3. The number of nitrogens with one attached hydrogen (secondary N) is 2. The Bertz CT molecular complexity index is 614. The third-order valence-corrected chi connectivity index (χ3v) is 3.91. The van der Waals surface area contributed by atoms with Crippen LogP contribution in [0.2, 0.25) is 5.02 Å². The maximum atomic E-state index is 12.3. The fraction of sp³-hybridized carbons (Fsp3) is 0.467. The van der Waals surface area contributed by atoms with E-state index in [1.54, 1.807) is 17.4 Å². The summed E-state index contributed by atoms with van der Waals surface area (Å²) in [7, 11) is 0. The van der Waals surface area contributed by atoms with Crippen LogP contribution in [0.5, 0.6) is 0 Å². The van der Waals surface area contributed by atoms with E-state index in [1.807, 2.05) is 12.1 Å². The van der Waals surface area contributed by atoms with Crippen molar-refractivity contribution >= 4 is 23.4 Å². The van der Waals surface area contributed by atoms with Gasteiger partial charge in [-0.1, -0.05) is 23.7 Å². The van der Waals surface area contributed by atoms with Crippen LogP contribution in [0.15, 0.2) is 24.3 Å². The molecular weight excluding hydrogens is 333 g/mol. The number of carbonyl (C=O) groups excluding carboxylic acids is 2. The molecule has 1 aromatic carbocycles. The fourth-order valence-electron chi connectivity index (χ4n) is 2.19. The molecule has 2 atom stereocenters. The van der Waals surface area contributed by atoms with E-state index in [0.29, 0.717) is 11.4 Å². The molecule has 4 nitrogen and oxygen atoms in total. The average Bonchev–Trinajstić information content (AvgIpc) is 3.17. The summed E-state index contributed by atoms with van der Waals surface area (Å²) in [6, 6.07) is 7.00. The zero-order valence-electron chi connectivity index (χ0n) is 12.5. The molecule has 0 heterocycles. The van der Waals surface area contributed by atoms with Crippen LogP contribution in [0.1, 0.15) is 31.7 Å². The van der Waals surface area contributed by atoms with E-state index in [2.05, 4.69) is 5.32 Å². The zero-order chi connectivity index (χ0) is 17.4. The highest BCUT2D eigenvalue weighted by Gasteiger charge is 2.46. The Kier molecular flexibility index (Phi) is 4.61. The monoisotopic (exact) mass is 348 g/mol. The Labute approximate surface area is 136 Å². The standard InChI is InChI=1S/C15H16ClF3N2O2/c1-14(2,21-13(23)15(17,18)19)12(22)20-11-7-10(11)8-3-5-9(16)6-4-8/h3-6,10-11H,7H2,1-2H3,(H,20,22)(H,21,23)/t10-,11+/m0/s1. The normalized spacial score (nSPS) is 20.8. The van der Waals surface area contributed by atoms with Crippen molar-refractivity contribution in [1.29, 1.82) is 0 Å². The van der Waals surface area contributed by atoms with Gasteiger partial charge in [0.15, 0.2) is 0 Å². The van der Waals surface area contributed by atoms with Crippen molar-refractivity contribution in [3.05, 3.63) is 34.9 Å². The number of hydrogen-bond acceptors (Lipinski definition) is 2. The lowest BCUT2D eigenvalue weighted by molar-refractivity contribution is -0.176. The van der Waals surface area contributed by atoms with Gasteiger partial charge in [0.05, 0.1) is 0 Å². The molecule has 0 aliphatic heterocycles. The molecule has 2 rings (SSSR count). The molecule has 2 N–H and O–H groups in total. The summed E-state index contributed by atoms with van der Waals surface area (Å²) in [5.41, 5.74) is -0.656. The fourth-order valence-corrected chi connectivity index (χ4v) is 2.32. The average molecular weight is 349 g/mol. The predicted molar refractivity (Wildman–Crippen MR) is 79.0 cm³/mol. The van der Waals surface area contributed by atoms with Crippen LogP contribution >= 0.6 is 11.6 Å². The summed E-state index contributed by atoms with van der Waals surface area (Å²) in [4.78, 5) is 23.1. The topological polar surface area (TPSA) is 58.2 Å². The van der Waals surface area contributed by atoms with Gasteiger partial charge in [-0.15, -0.1) is 0 Å². The lowest BCUT2D eigenvalue weighted by atomic mass is 10.0. The molecule has 1 aromatic rings. The van der Waals surface area contributed by atoms with Gasteiger partial charge in [0.2, 0.25) is 5.91 Å². The van der Waals surface area contributed by atoms with Crippen LogP contribution in [0.4, 0.5) is 13.2 Å². The summed E-state index contributed by atoms with van der Waals surface area (Å²) in [5.74, 6) is -2.69. The number of amides is 2. The number of benzene rings is 1. The smallest absolute Gasteiger partial charge is 0.351 e. The first-order chi connectivity index (χ1) is 10.5. The second-order valence-electron chi connectivity index (χ2n) is 6.05. The number of hydrogen-bond donors (Lipinski definition) is 2. The van der Waals surface area contributed by atoms with Crippen LogP contribution in [-0.2, 0) is 9.59 Å². The summed E-state index contributed by atoms with van der Waals surface area (Å²) < 4.78 is 36.8. The van der Waals surface area contributed by atoms with Crippen LogP contribution in [0.25, 0.3) is 0 Å². The molecule has 8 heteroatoms. The highest BCUT2D eigenvalue weighted by atomic mass is 35.5. The van der Waals surface area contributed by atoms with Crippen molar-refractivity contribution in [1.82, 2.24) is 10.6 Å². The molecule has 0 spiro atoms. The Hall–Kier alpha value is -1.76. The minimum Gasteiger partial charge on any atom is -0.351 e. The lowest BCUT2D eigenvalue weighted by Crippen LogP contribution is -2.58. The van der Waals surface area contributed by atoms with E-state index in [9.17, 15) is 22.8 Å². The Balaban J connectivity index is 1.92. The Morgan fingerprint density at radius 2 is 1.70 bits per heavy atom. The largest absolute Gasteiger partial charge is 0.471 e. The molecule has 126 valence electrons. The first-order valence-corrected chi connectivity index (χ1v) is 7.34. The summed E-state index contributed by atoms with van der Waals surface area (Å²) >= 11 is 5.80. The summed E-state index contributed by atoms with van der Waals surface area (Å²) in [6.07, 6.45) is -4.33. The van der Waals surface area contributed by atoms with Crippen LogP contribution in [-0.4, -0.2) is 29.6 Å². The van der Waals surface area contributed by atoms with E-state index < -0.39 is 23.5 Å². The van der Waals surface area contributed by atoms with Gasteiger partial charge >= 0.3 is 12.1 Å². The molecule has 0 bridgehead atoms. The van der Waals surface area contributed by atoms with Gasteiger partial charge in [0.1, 0.15) is 5.54 Å². The molecular formula is C15H16ClF3N2O2. The maximum Gasteiger partial charge on any atom is 0.471 e. The van der Waals surface area contributed by atoms with Gasteiger partial charge in [-0.2, -0.15) is 13.2 Å². The van der Waals surface area contributed by atoms with Crippen molar-refractivity contribution in [2.24, 2.45) is 0 Å². The predicted octanol–water partition coefficient (Wildman–Crippen LogP) is 2.77. The van der Waals surface area contributed by atoms with Crippen molar-refractivity contribution in [2.45, 2.75) is 43.9 Å². The van der Waals surface area contributed by atoms with Gasteiger partial charge in [-0.25, -0.2) is 0 Å². The SMILES string of the molecule is CC(C)(NC(=O)C(F)(F)F)C(=O)N[C@@H]1C[C@H]1c1ccc(Cl)cc1. The van der Waals surface area contributed by atoms with Gasteiger partial charge in [0.25, 0.3) is 0 Å². The minimum absolute atomic E-state index is 0.102. The second kappa shape index (κ2) is 6.03. The maximum absolute atomic E-state index is 12.3. The minimum atomic E-state index is -5.02. The molecule has 1 aliphatic rings. The molecule has 1 fully saturated rings. The summed E-state index contributed by atoms with van der Waals surface area (Å²) in [5, 5.41) is 4.96. The summed E-state index contributed by atoms with van der Waals surface area (Å²) in [6.45, 7) is 2.46.